The number of nitrogens with zero attached hydrogens (tertiary/aromatic N) is 2. The van der Waals surface area contributed by atoms with Crippen LogP contribution in [0.5, 0.6) is 17.4 Å². The molecule has 0 aliphatic carbocycles. The van der Waals surface area contributed by atoms with Gasteiger partial charge in [-0.2, -0.15) is 4.98 Å². The van der Waals surface area contributed by atoms with Gasteiger partial charge in [0.1, 0.15) is 17.2 Å². The molecule has 88 valence electrons. The van der Waals surface area contributed by atoms with Crippen molar-refractivity contribution in [1.29, 1.82) is 0 Å². The first-order chi connectivity index (χ1) is 8.19. The molecule has 5 nitrogen and oxygen atoms in total. The van der Waals surface area contributed by atoms with Crippen LogP contribution in [0.2, 0.25) is 5.28 Å². The molecular formula is C11H10ClN3O2. The number of ether oxygens (including phenoxy) is 2. The lowest BCUT2D eigenvalue weighted by Gasteiger charge is -2.07. The fourth-order valence-electron chi connectivity index (χ4n) is 1.19. The van der Waals surface area contributed by atoms with Gasteiger partial charge in [-0.1, -0.05) is 0 Å². The first kappa shape index (κ1) is 11.5. The largest absolute Gasteiger partial charge is 0.497 e. The summed E-state index contributed by atoms with van der Waals surface area (Å²) in [5.41, 5.74) is 5.98. The Bertz CT molecular complexity index is 517. The average molecular weight is 252 g/mol. The van der Waals surface area contributed by atoms with Gasteiger partial charge in [-0.05, 0) is 35.9 Å². The Morgan fingerprint density at radius 3 is 2.47 bits per heavy atom. The van der Waals surface area contributed by atoms with E-state index in [0.29, 0.717) is 11.4 Å². The van der Waals surface area contributed by atoms with Gasteiger partial charge in [0.15, 0.2) is 0 Å². The van der Waals surface area contributed by atoms with E-state index in [2.05, 4.69) is 9.97 Å². The SMILES string of the molecule is COc1ccc(Oc2nc(Cl)ncc2N)cc1. The molecule has 0 saturated heterocycles. The highest BCUT2D eigenvalue weighted by molar-refractivity contribution is 6.28. The summed E-state index contributed by atoms with van der Waals surface area (Å²) in [4.78, 5) is 7.62. The fourth-order valence-corrected chi connectivity index (χ4v) is 1.32. The fraction of sp³-hybridized carbons (Fsp3) is 0.0909. The standard InChI is InChI=1S/C11H10ClN3O2/c1-16-7-2-4-8(5-3-7)17-10-9(13)6-14-11(12)15-10/h2-6H,13H2,1H3. The normalized spacial score (nSPS) is 10.0. The van der Waals surface area contributed by atoms with E-state index >= 15 is 0 Å². The summed E-state index contributed by atoms with van der Waals surface area (Å²) in [5, 5.41) is 0.0858. The van der Waals surface area contributed by atoms with Crippen molar-refractivity contribution in [3.8, 4) is 17.4 Å². The molecule has 17 heavy (non-hydrogen) atoms. The second-order valence-electron chi connectivity index (χ2n) is 3.18. The van der Waals surface area contributed by atoms with Crippen LogP contribution in [0, 0.1) is 0 Å². The molecule has 0 saturated carbocycles. The Kier molecular flexibility index (Phi) is 3.30. The smallest absolute Gasteiger partial charge is 0.247 e. The number of halogens is 1. The van der Waals surface area contributed by atoms with Crippen LogP contribution < -0.4 is 15.2 Å². The zero-order valence-corrected chi connectivity index (χ0v) is 9.81. The van der Waals surface area contributed by atoms with Gasteiger partial charge in [-0.3, -0.25) is 0 Å². The molecule has 0 aliphatic rings. The molecule has 0 fully saturated rings. The number of rotatable bonds is 3. The molecule has 1 aromatic heterocycles. The van der Waals surface area contributed by atoms with Crippen LogP contribution in [0.15, 0.2) is 30.5 Å². The van der Waals surface area contributed by atoms with E-state index in [0.717, 1.165) is 5.75 Å². The molecule has 2 aromatic rings. The molecule has 1 heterocycles. The van der Waals surface area contributed by atoms with Crippen molar-refractivity contribution in [3.05, 3.63) is 35.7 Å². The first-order valence-corrected chi connectivity index (χ1v) is 5.17. The monoisotopic (exact) mass is 251 g/mol. The van der Waals surface area contributed by atoms with Gasteiger partial charge in [0, 0.05) is 0 Å². The summed E-state index contributed by atoms with van der Waals surface area (Å²) < 4.78 is 10.5. The number of nitrogen functional groups attached to an aromatic ring is 1. The minimum absolute atomic E-state index is 0.0858. The van der Waals surface area contributed by atoms with Crippen LogP contribution in [0.1, 0.15) is 0 Å². The third kappa shape index (κ3) is 2.76. The Morgan fingerprint density at radius 1 is 1.18 bits per heavy atom. The lowest BCUT2D eigenvalue weighted by molar-refractivity contribution is 0.412. The predicted octanol–water partition coefficient (Wildman–Crippen LogP) is 2.51. The summed E-state index contributed by atoms with van der Waals surface area (Å²) in [7, 11) is 1.60. The van der Waals surface area contributed by atoms with Crippen LogP contribution in [0.4, 0.5) is 5.69 Å². The molecule has 0 spiro atoms. The van der Waals surface area contributed by atoms with E-state index in [1.165, 1.54) is 6.20 Å². The number of benzene rings is 1. The molecule has 0 amide bonds. The maximum absolute atomic E-state index is 5.66. The van der Waals surface area contributed by atoms with Gasteiger partial charge in [0.05, 0.1) is 13.3 Å². The Labute approximate surface area is 103 Å². The Morgan fingerprint density at radius 2 is 1.82 bits per heavy atom. The van der Waals surface area contributed by atoms with Crippen LogP contribution in [-0.2, 0) is 0 Å². The maximum atomic E-state index is 5.66. The van der Waals surface area contributed by atoms with Crippen LogP contribution in [0.3, 0.4) is 0 Å². The average Bonchev–Trinajstić information content (AvgIpc) is 2.35. The second kappa shape index (κ2) is 4.88. The minimum Gasteiger partial charge on any atom is -0.497 e. The predicted molar refractivity (Wildman–Crippen MR) is 64.5 cm³/mol. The van der Waals surface area contributed by atoms with Gasteiger partial charge in [-0.25, -0.2) is 4.98 Å². The van der Waals surface area contributed by atoms with E-state index in [1.54, 1.807) is 31.4 Å². The van der Waals surface area contributed by atoms with E-state index in [-0.39, 0.29) is 11.2 Å². The summed E-state index contributed by atoms with van der Waals surface area (Å²) in [6, 6.07) is 7.03. The number of aromatic nitrogens is 2. The third-order valence-electron chi connectivity index (χ3n) is 2.02. The maximum Gasteiger partial charge on any atom is 0.247 e. The van der Waals surface area contributed by atoms with E-state index in [4.69, 9.17) is 26.8 Å². The van der Waals surface area contributed by atoms with Gasteiger partial charge in [-0.15, -0.1) is 0 Å². The third-order valence-corrected chi connectivity index (χ3v) is 2.21. The molecule has 0 bridgehead atoms. The van der Waals surface area contributed by atoms with Gasteiger partial charge >= 0.3 is 0 Å². The Hall–Kier alpha value is -2.01. The topological polar surface area (TPSA) is 70.3 Å². The van der Waals surface area contributed by atoms with Crippen molar-refractivity contribution >= 4 is 17.3 Å². The molecule has 2 rings (SSSR count). The lowest BCUT2D eigenvalue weighted by atomic mass is 10.3. The van der Waals surface area contributed by atoms with Crippen LogP contribution >= 0.6 is 11.6 Å². The summed E-state index contributed by atoms with van der Waals surface area (Å²) >= 11 is 5.65. The molecule has 2 N–H and O–H groups in total. The lowest BCUT2D eigenvalue weighted by Crippen LogP contribution is -1.96. The minimum atomic E-state index is 0.0858. The number of hydrogen-bond acceptors (Lipinski definition) is 5. The van der Waals surface area contributed by atoms with E-state index < -0.39 is 0 Å². The number of methoxy groups -OCH3 is 1. The van der Waals surface area contributed by atoms with Gasteiger partial charge in [0.2, 0.25) is 11.2 Å². The quantitative estimate of drug-likeness (QED) is 0.849. The highest BCUT2D eigenvalue weighted by Gasteiger charge is 2.06. The number of hydrogen-bond donors (Lipinski definition) is 1. The van der Waals surface area contributed by atoms with Crippen molar-refractivity contribution in [2.75, 3.05) is 12.8 Å². The summed E-state index contributed by atoms with van der Waals surface area (Å²) in [6.07, 6.45) is 1.40. The molecule has 1 aromatic carbocycles. The Balaban J connectivity index is 2.22. The van der Waals surface area contributed by atoms with Crippen LogP contribution in [0.25, 0.3) is 0 Å². The van der Waals surface area contributed by atoms with Crippen molar-refractivity contribution in [3.63, 3.8) is 0 Å². The number of anilines is 1. The zero-order chi connectivity index (χ0) is 12.3. The molecule has 6 heteroatoms. The first-order valence-electron chi connectivity index (χ1n) is 4.79. The molecule has 0 aliphatic heterocycles. The van der Waals surface area contributed by atoms with Gasteiger partial charge < -0.3 is 15.2 Å². The molecule has 0 atom stereocenters. The van der Waals surface area contributed by atoms with Crippen molar-refractivity contribution in [2.24, 2.45) is 0 Å². The van der Waals surface area contributed by atoms with E-state index in [1.807, 2.05) is 0 Å². The molecule has 0 radical (unpaired) electrons. The summed E-state index contributed by atoms with van der Waals surface area (Å²) in [5.74, 6) is 1.56. The molecule has 0 unspecified atom stereocenters. The van der Waals surface area contributed by atoms with Crippen molar-refractivity contribution in [1.82, 2.24) is 9.97 Å². The van der Waals surface area contributed by atoms with Gasteiger partial charge in [0.25, 0.3) is 0 Å². The van der Waals surface area contributed by atoms with Crippen molar-refractivity contribution < 1.29 is 9.47 Å². The summed E-state index contributed by atoms with van der Waals surface area (Å²) in [6.45, 7) is 0. The second-order valence-corrected chi connectivity index (χ2v) is 3.52. The zero-order valence-electron chi connectivity index (χ0n) is 9.05. The highest BCUT2D eigenvalue weighted by Crippen LogP contribution is 2.26. The van der Waals surface area contributed by atoms with Crippen molar-refractivity contribution in [2.45, 2.75) is 0 Å². The number of nitrogens with two attached hydrogens (primary N) is 1. The van der Waals surface area contributed by atoms with E-state index in [9.17, 15) is 0 Å². The highest BCUT2D eigenvalue weighted by atomic mass is 35.5. The van der Waals surface area contributed by atoms with Crippen LogP contribution in [-0.4, -0.2) is 17.1 Å². The molecular weight excluding hydrogens is 242 g/mol.